The second-order valence-electron chi connectivity index (χ2n) is 7.57. The van der Waals surface area contributed by atoms with Gasteiger partial charge in [-0.3, -0.25) is 4.79 Å². The van der Waals surface area contributed by atoms with E-state index in [0.29, 0.717) is 0 Å². The highest BCUT2D eigenvalue weighted by molar-refractivity contribution is 5.90. The van der Waals surface area contributed by atoms with Gasteiger partial charge in [-0.15, -0.1) is 0 Å². The number of unbranched alkanes of at least 4 members (excludes halogenated alkanes) is 4. The molecule has 1 unspecified atom stereocenters. The molecule has 0 spiro atoms. The van der Waals surface area contributed by atoms with E-state index in [1.807, 2.05) is 0 Å². The summed E-state index contributed by atoms with van der Waals surface area (Å²) in [5.41, 5.74) is -0.949. The zero-order valence-corrected chi connectivity index (χ0v) is 16.4. The zero-order chi connectivity index (χ0) is 19.4. The molecule has 0 bridgehead atoms. The van der Waals surface area contributed by atoms with Gasteiger partial charge in [-0.2, -0.15) is 0 Å². The number of hydrogen-bond donors (Lipinski definition) is 2. The summed E-state index contributed by atoms with van der Waals surface area (Å²) in [6, 6.07) is 0. The van der Waals surface area contributed by atoms with Crippen LogP contribution in [0.2, 0.25) is 0 Å². The number of carboxylic acid groups (broad SMARTS) is 2. The standard InChI is InChI=1S/C12H25N.C9H10O4/c1-2-3-4-5-7-10-13-11-8-6-9-12-13;1-9(8(12)13)4-2-3-6(5-9)7(10)11/h2-12H2,1H3;2-4H,5H2,1H3,(H,10,11)(H,12,13). The number of piperidine rings is 1. The molecule has 1 atom stereocenters. The number of hydrogen-bond acceptors (Lipinski definition) is 3. The third-order valence-corrected chi connectivity index (χ3v) is 5.11. The lowest BCUT2D eigenvalue weighted by molar-refractivity contribution is -0.145. The van der Waals surface area contributed by atoms with E-state index in [0.717, 1.165) is 0 Å². The number of aliphatic carboxylic acids is 2. The van der Waals surface area contributed by atoms with Gasteiger partial charge < -0.3 is 15.1 Å². The molecule has 5 heteroatoms. The first kappa shape index (κ1) is 22.4. The van der Waals surface area contributed by atoms with Crippen molar-refractivity contribution in [3.63, 3.8) is 0 Å². The summed E-state index contributed by atoms with van der Waals surface area (Å²) >= 11 is 0. The average Bonchev–Trinajstić information content (AvgIpc) is 2.63. The third kappa shape index (κ3) is 8.17. The molecule has 2 aliphatic rings. The highest BCUT2D eigenvalue weighted by Crippen LogP contribution is 2.31. The summed E-state index contributed by atoms with van der Waals surface area (Å²) in [5.74, 6) is -2.06. The zero-order valence-electron chi connectivity index (χ0n) is 16.4. The van der Waals surface area contributed by atoms with Crippen LogP contribution in [-0.4, -0.2) is 46.7 Å². The van der Waals surface area contributed by atoms with Crippen molar-refractivity contribution in [2.75, 3.05) is 19.6 Å². The van der Waals surface area contributed by atoms with Crippen LogP contribution < -0.4 is 0 Å². The minimum Gasteiger partial charge on any atom is -0.481 e. The fourth-order valence-corrected chi connectivity index (χ4v) is 3.31. The van der Waals surface area contributed by atoms with Crippen molar-refractivity contribution in [3.8, 4) is 0 Å². The number of nitrogens with zero attached hydrogens (tertiary/aromatic N) is 1. The quantitative estimate of drug-likeness (QED) is 0.620. The molecule has 5 nitrogen and oxygen atoms in total. The van der Waals surface area contributed by atoms with E-state index in [2.05, 4.69) is 11.8 Å². The Kier molecular flexibility index (Phi) is 10.3. The molecule has 0 radical (unpaired) electrons. The molecule has 1 saturated heterocycles. The van der Waals surface area contributed by atoms with Crippen LogP contribution in [0.3, 0.4) is 0 Å². The van der Waals surface area contributed by atoms with Gasteiger partial charge in [0.05, 0.1) is 5.41 Å². The topological polar surface area (TPSA) is 77.8 Å². The van der Waals surface area contributed by atoms with Gasteiger partial charge in [0.25, 0.3) is 0 Å². The van der Waals surface area contributed by atoms with Crippen LogP contribution in [0, 0.1) is 5.41 Å². The van der Waals surface area contributed by atoms with E-state index >= 15 is 0 Å². The maximum absolute atomic E-state index is 10.8. The molecule has 0 aromatic rings. The molecule has 1 fully saturated rings. The molecule has 1 aliphatic carbocycles. The van der Waals surface area contributed by atoms with Gasteiger partial charge in [-0.1, -0.05) is 57.3 Å². The number of carboxylic acids is 2. The summed E-state index contributed by atoms with van der Waals surface area (Å²) in [6.07, 6.45) is 15.9. The Bertz CT molecular complexity index is 506. The molecule has 148 valence electrons. The van der Waals surface area contributed by atoms with Crippen molar-refractivity contribution in [2.45, 2.75) is 71.6 Å². The molecule has 0 saturated carbocycles. The summed E-state index contributed by atoms with van der Waals surface area (Å²) in [4.78, 5) is 24.0. The van der Waals surface area contributed by atoms with Crippen molar-refractivity contribution in [1.29, 1.82) is 0 Å². The Morgan fingerprint density at radius 3 is 2.31 bits per heavy atom. The summed E-state index contributed by atoms with van der Waals surface area (Å²) in [6.45, 7) is 7.89. The molecule has 1 aliphatic heterocycles. The molecule has 1 heterocycles. The van der Waals surface area contributed by atoms with E-state index in [4.69, 9.17) is 10.2 Å². The first-order valence-corrected chi connectivity index (χ1v) is 9.96. The van der Waals surface area contributed by atoms with Crippen molar-refractivity contribution < 1.29 is 19.8 Å². The minimum absolute atomic E-state index is 0.0359. The summed E-state index contributed by atoms with van der Waals surface area (Å²) in [7, 11) is 0. The first-order chi connectivity index (χ1) is 12.4. The van der Waals surface area contributed by atoms with Crippen LogP contribution in [0.25, 0.3) is 0 Å². The molecule has 0 aromatic heterocycles. The molecule has 2 rings (SSSR count). The summed E-state index contributed by atoms with van der Waals surface area (Å²) < 4.78 is 0. The Morgan fingerprint density at radius 2 is 1.73 bits per heavy atom. The van der Waals surface area contributed by atoms with Gasteiger partial charge in [-0.05, 0) is 52.2 Å². The predicted molar refractivity (Wildman–Crippen MR) is 104 cm³/mol. The van der Waals surface area contributed by atoms with Crippen LogP contribution in [-0.2, 0) is 9.59 Å². The fraction of sp³-hybridized carbons (Fsp3) is 0.714. The number of rotatable bonds is 8. The number of likely N-dealkylation sites (tertiary alicyclic amines) is 1. The normalized spacial score (nSPS) is 22.9. The third-order valence-electron chi connectivity index (χ3n) is 5.11. The Labute approximate surface area is 157 Å². The van der Waals surface area contributed by atoms with E-state index in [9.17, 15) is 9.59 Å². The van der Waals surface area contributed by atoms with Gasteiger partial charge in [0.1, 0.15) is 0 Å². The Balaban J connectivity index is 0.000000260. The van der Waals surface area contributed by atoms with Crippen LogP contribution >= 0.6 is 0 Å². The van der Waals surface area contributed by atoms with E-state index in [1.165, 1.54) is 96.2 Å². The van der Waals surface area contributed by atoms with Gasteiger partial charge in [0, 0.05) is 5.57 Å². The number of carbonyl (C=O) groups is 2. The Morgan fingerprint density at radius 1 is 1.08 bits per heavy atom. The lowest BCUT2D eigenvalue weighted by Crippen LogP contribution is -2.30. The molecular weight excluding hydrogens is 330 g/mol. The van der Waals surface area contributed by atoms with E-state index < -0.39 is 17.4 Å². The Hall–Kier alpha value is -1.62. The van der Waals surface area contributed by atoms with Gasteiger partial charge in [-0.25, -0.2) is 4.79 Å². The largest absolute Gasteiger partial charge is 0.481 e. The highest BCUT2D eigenvalue weighted by atomic mass is 16.4. The predicted octanol–water partition coefficient (Wildman–Crippen LogP) is 4.49. The van der Waals surface area contributed by atoms with Crippen molar-refractivity contribution in [3.05, 3.63) is 23.8 Å². The highest BCUT2D eigenvalue weighted by Gasteiger charge is 2.34. The average molecular weight is 366 g/mol. The smallest absolute Gasteiger partial charge is 0.331 e. The maximum atomic E-state index is 10.8. The minimum atomic E-state index is -1.08. The van der Waals surface area contributed by atoms with Crippen LogP contribution in [0.1, 0.15) is 71.6 Å². The van der Waals surface area contributed by atoms with Crippen LogP contribution in [0.15, 0.2) is 23.8 Å². The monoisotopic (exact) mass is 365 g/mol. The SMILES string of the molecule is CC1(C(=O)O)C=CC=C(C(=O)O)C1.CCCCCCCN1CCCCC1. The second kappa shape index (κ2) is 11.9. The maximum Gasteiger partial charge on any atom is 0.331 e. The molecular formula is C21H35NO4. The van der Waals surface area contributed by atoms with E-state index in [-0.39, 0.29) is 12.0 Å². The number of allylic oxidation sites excluding steroid dienone is 2. The lowest BCUT2D eigenvalue weighted by atomic mass is 9.80. The van der Waals surface area contributed by atoms with Crippen molar-refractivity contribution >= 4 is 11.9 Å². The van der Waals surface area contributed by atoms with Crippen LogP contribution in [0.5, 0.6) is 0 Å². The second-order valence-corrected chi connectivity index (χ2v) is 7.57. The lowest BCUT2D eigenvalue weighted by Gasteiger charge is -2.26. The van der Waals surface area contributed by atoms with E-state index in [1.54, 1.807) is 0 Å². The van der Waals surface area contributed by atoms with Crippen molar-refractivity contribution in [1.82, 2.24) is 4.90 Å². The molecule has 2 N–H and O–H groups in total. The summed E-state index contributed by atoms with van der Waals surface area (Å²) in [5, 5.41) is 17.5. The van der Waals surface area contributed by atoms with Crippen LogP contribution in [0.4, 0.5) is 0 Å². The molecule has 0 aromatic carbocycles. The first-order valence-electron chi connectivity index (χ1n) is 9.96. The molecule has 26 heavy (non-hydrogen) atoms. The van der Waals surface area contributed by atoms with Gasteiger partial charge in [0.2, 0.25) is 0 Å². The van der Waals surface area contributed by atoms with Gasteiger partial charge >= 0.3 is 11.9 Å². The van der Waals surface area contributed by atoms with Crippen molar-refractivity contribution in [2.24, 2.45) is 5.41 Å². The molecule has 0 amide bonds. The van der Waals surface area contributed by atoms with Gasteiger partial charge in [0.15, 0.2) is 0 Å². The fourth-order valence-electron chi connectivity index (χ4n) is 3.31.